The van der Waals surface area contributed by atoms with Gasteiger partial charge < -0.3 is 9.55 Å². The van der Waals surface area contributed by atoms with E-state index in [4.69, 9.17) is 0 Å². The highest BCUT2D eigenvalue weighted by molar-refractivity contribution is 5.73. The van der Waals surface area contributed by atoms with Crippen molar-refractivity contribution in [3.63, 3.8) is 0 Å². The molecule has 0 saturated carbocycles. The van der Waals surface area contributed by atoms with E-state index >= 15 is 0 Å². The molecule has 4 nitrogen and oxygen atoms in total. The van der Waals surface area contributed by atoms with Crippen molar-refractivity contribution < 1.29 is 0 Å². The van der Waals surface area contributed by atoms with E-state index in [1.807, 2.05) is 13.0 Å². The number of aryl methyl sites for hydroxylation is 2. The molecule has 0 bridgehead atoms. The Morgan fingerprint density at radius 3 is 3.08 bits per heavy atom. The summed E-state index contributed by atoms with van der Waals surface area (Å²) in [5.74, 6) is 0.772. The SMILES string of the molecule is Cc1nc2ccn(C)c(=O)c2[nH]1. The van der Waals surface area contributed by atoms with Gasteiger partial charge in [0.2, 0.25) is 0 Å². The Morgan fingerprint density at radius 1 is 1.58 bits per heavy atom. The number of H-pyrrole nitrogens is 1. The molecule has 12 heavy (non-hydrogen) atoms. The summed E-state index contributed by atoms with van der Waals surface area (Å²) in [6, 6.07) is 1.82. The smallest absolute Gasteiger partial charge is 0.276 e. The molecule has 0 amide bonds. The normalized spacial score (nSPS) is 10.8. The minimum absolute atomic E-state index is 0.0342. The lowest BCUT2D eigenvalue weighted by Gasteiger charge is -1.93. The molecule has 0 atom stereocenters. The molecule has 0 aliphatic heterocycles. The van der Waals surface area contributed by atoms with Crippen molar-refractivity contribution in [2.45, 2.75) is 6.92 Å². The third-order valence-corrected chi connectivity index (χ3v) is 1.84. The monoisotopic (exact) mass is 163 g/mol. The van der Waals surface area contributed by atoms with Gasteiger partial charge in [0.25, 0.3) is 5.56 Å². The number of hydrogen-bond donors (Lipinski definition) is 1. The van der Waals surface area contributed by atoms with Gasteiger partial charge in [0.05, 0.1) is 5.52 Å². The second-order valence-electron chi connectivity index (χ2n) is 2.81. The van der Waals surface area contributed by atoms with Crippen LogP contribution in [-0.2, 0) is 7.05 Å². The minimum atomic E-state index is -0.0342. The van der Waals surface area contributed by atoms with E-state index in [2.05, 4.69) is 9.97 Å². The number of imidazole rings is 1. The molecule has 0 unspecified atom stereocenters. The van der Waals surface area contributed by atoms with Crippen molar-refractivity contribution >= 4 is 11.0 Å². The second-order valence-corrected chi connectivity index (χ2v) is 2.81. The van der Waals surface area contributed by atoms with E-state index in [0.717, 1.165) is 11.3 Å². The van der Waals surface area contributed by atoms with Crippen LogP contribution in [-0.4, -0.2) is 14.5 Å². The van der Waals surface area contributed by atoms with Crippen LogP contribution in [0.1, 0.15) is 5.82 Å². The summed E-state index contributed by atoms with van der Waals surface area (Å²) in [6.45, 7) is 1.83. The quantitative estimate of drug-likeness (QED) is 0.617. The molecule has 0 spiro atoms. The van der Waals surface area contributed by atoms with E-state index in [0.29, 0.717) is 5.52 Å². The second kappa shape index (κ2) is 2.20. The largest absolute Gasteiger partial charge is 0.338 e. The molecule has 0 fully saturated rings. The van der Waals surface area contributed by atoms with Crippen LogP contribution in [0.2, 0.25) is 0 Å². The van der Waals surface area contributed by atoms with E-state index in [9.17, 15) is 4.79 Å². The topological polar surface area (TPSA) is 50.7 Å². The summed E-state index contributed by atoms with van der Waals surface area (Å²) in [5, 5.41) is 0. The van der Waals surface area contributed by atoms with Crippen molar-refractivity contribution in [1.82, 2.24) is 14.5 Å². The van der Waals surface area contributed by atoms with Crippen LogP contribution in [0.3, 0.4) is 0 Å². The van der Waals surface area contributed by atoms with Crippen molar-refractivity contribution in [2.75, 3.05) is 0 Å². The summed E-state index contributed by atoms with van der Waals surface area (Å²) in [4.78, 5) is 18.5. The molecule has 2 aromatic heterocycles. The molecule has 2 heterocycles. The molecular formula is C8H9N3O. The van der Waals surface area contributed by atoms with Crippen molar-refractivity contribution in [3.8, 4) is 0 Å². The van der Waals surface area contributed by atoms with Crippen molar-refractivity contribution in [1.29, 1.82) is 0 Å². The number of hydrogen-bond acceptors (Lipinski definition) is 2. The molecular weight excluding hydrogens is 154 g/mol. The Hall–Kier alpha value is -1.58. The zero-order valence-electron chi connectivity index (χ0n) is 6.96. The first-order valence-electron chi connectivity index (χ1n) is 3.70. The molecule has 62 valence electrons. The molecule has 0 saturated heterocycles. The molecule has 0 radical (unpaired) electrons. The predicted molar refractivity (Wildman–Crippen MR) is 46.1 cm³/mol. The van der Waals surface area contributed by atoms with Crippen LogP contribution in [0.15, 0.2) is 17.1 Å². The zero-order chi connectivity index (χ0) is 8.72. The Kier molecular flexibility index (Phi) is 1.30. The highest BCUT2D eigenvalue weighted by atomic mass is 16.1. The fourth-order valence-electron chi connectivity index (χ4n) is 1.22. The number of rotatable bonds is 0. The fraction of sp³-hybridized carbons (Fsp3) is 0.250. The summed E-state index contributed by atoms with van der Waals surface area (Å²) in [7, 11) is 1.72. The average Bonchev–Trinajstić information content (AvgIpc) is 2.39. The molecule has 2 aromatic rings. The fourth-order valence-corrected chi connectivity index (χ4v) is 1.22. The average molecular weight is 163 g/mol. The van der Waals surface area contributed by atoms with Crippen LogP contribution < -0.4 is 5.56 Å². The third-order valence-electron chi connectivity index (χ3n) is 1.84. The van der Waals surface area contributed by atoms with Gasteiger partial charge in [0.15, 0.2) is 0 Å². The summed E-state index contributed by atoms with van der Waals surface area (Å²) in [5.41, 5.74) is 1.28. The van der Waals surface area contributed by atoms with Crippen LogP contribution in [0.25, 0.3) is 11.0 Å². The molecule has 1 N–H and O–H groups in total. The summed E-state index contributed by atoms with van der Waals surface area (Å²) >= 11 is 0. The van der Waals surface area contributed by atoms with Gasteiger partial charge in [-0.25, -0.2) is 4.98 Å². The molecule has 4 heteroatoms. The van der Waals surface area contributed by atoms with Gasteiger partial charge >= 0.3 is 0 Å². The Balaban J connectivity index is 2.99. The van der Waals surface area contributed by atoms with Gasteiger partial charge in [-0.2, -0.15) is 0 Å². The Morgan fingerprint density at radius 2 is 2.33 bits per heavy atom. The first-order valence-corrected chi connectivity index (χ1v) is 3.70. The minimum Gasteiger partial charge on any atom is -0.338 e. The predicted octanol–water partition coefficient (Wildman–Crippen LogP) is 0.570. The lowest BCUT2D eigenvalue weighted by atomic mass is 10.4. The molecule has 0 aliphatic carbocycles. The van der Waals surface area contributed by atoms with Gasteiger partial charge in [0.1, 0.15) is 11.3 Å². The van der Waals surface area contributed by atoms with Gasteiger partial charge in [-0.1, -0.05) is 0 Å². The summed E-state index contributed by atoms with van der Waals surface area (Å²) < 4.78 is 1.53. The lowest BCUT2D eigenvalue weighted by molar-refractivity contribution is 0.870. The zero-order valence-corrected chi connectivity index (χ0v) is 6.96. The van der Waals surface area contributed by atoms with Crippen LogP contribution >= 0.6 is 0 Å². The molecule has 0 aromatic carbocycles. The number of aromatic amines is 1. The van der Waals surface area contributed by atoms with E-state index < -0.39 is 0 Å². The highest BCUT2D eigenvalue weighted by Crippen LogP contribution is 2.04. The standard InChI is InChI=1S/C8H9N3O/c1-5-9-6-3-4-11(2)8(12)7(6)10-5/h3-4H,1-2H3,(H,9,10). The van der Waals surface area contributed by atoms with Gasteiger partial charge in [-0.15, -0.1) is 0 Å². The number of aromatic nitrogens is 3. The van der Waals surface area contributed by atoms with Gasteiger partial charge in [0, 0.05) is 13.2 Å². The summed E-state index contributed by atoms with van der Waals surface area (Å²) in [6.07, 6.45) is 1.71. The lowest BCUT2D eigenvalue weighted by Crippen LogP contribution is -2.15. The van der Waals surface area contributed by atoms with E-state index in [-0.39, 0.29) is 5.56 Å². The first-order chi connectivity index (χ1) is 5.68. The third kappa shape index (κ3) is 0.845. The maximum absolute atomic E-state index is 11.4. The van der Waals surface area contributed by atoms with Crippen molar-refractivity contribution in [3.05, 3.63) is 28.4 Å². The number of fused-ring (bicyclic) bond motifs is 1. The maximum Gasteiger partial charge on any atom is 0.276 e. The van der Waals surface area contributed by atoms with E-state index in [1.165, 1.54) is 4.57 Å². The maximum atomic E-state index is 11.4. The van der Waals surface area contributed by atoms with Gasteiger partial charge in [-0.3, -0.25) is 4.79 Å². The number of nitrogens with zero attached hydrogens (tertiary/aromatic N) is 2. The molecule has 0 aliphatic rings. The number of nitrogens with one attached hydrogen (secondary N) is 1. The highest BCUT2D eigenvalue weighted by Gasteiger charge is 2.02. The van der Waals surface area contributed by atoms with Crippen LogP contribution in [0, 0.1) is 6.92 Å². The first kappa shape index (κ1) is 7.09. The Labute approximate surface area is 68.9 Å². The molecule has 2 rings (SSSR count). The van der Waals surface area contributed by atoms with Crippen LogP contribution in [0.4, 0.5) is 0 Å². The van der Waals surface area contributed by atoms with Gasteiger partial charge in [-0.05, 0) is 13.0 Å². The van der Waals surface area contributed by atoms with E-state index in [1.54, 1.807) is 13.2 Å². The van der Waals surface area contributed by atoms with Crippen molar-refractivity contribution in [2.24, 2.45) is 7.05 Å². The Bertz CT molecular complexity index is 480. The van der Waals surface area contributed by atoms with Crippen LogP contribution in [0.5, 0.6) is 0 Å². The number of pyridine rings is 1.